The van der Waals surface area contributed by atoms with Crippen LogP contribution in [-0.4, -0.2) is 25.9 Å². The van der Waals surface area contributed by atoms with Gasteiger partial charge in [0.1, 0.15) is 5.82 Å². The molecular formula is C17H14F3N5O. The van der Waals surface area contributed by atoms with Crippen molar-refractivity contribution in [3.05, 3.63) is 65.1 Å². The first-order chi connectivity index (χ1) is 12.4. The minimum Gasteiger partial charge on any atom is -0.311 e. The summed E-state index contributed by atoms with van der Waals surface area (Å²) in [4.78, 5) is 12.1. The van der Waals surface area contributed by atoms with E-state index in [1.165, 1.54) is 16.8 Å². The Hall–Kier alpha value is -3.10. The molecule has 2 aromatic heterocycles. The maximum absolute atomic E-state index is 13.2. The number of hydrogen-bond donors (Lipinski definition) is 2. The molecule has 0 aliphatic carbocycles. The molecule has 0 fully saturated rings. The van der Waals surface area contributed by atoms with Crippen LogP contribution in [0.5, 0.6) is 0 Å². The molecule has 0 saturated carbocycles. The van der Waals surface area contributed by atoms with Crippen LogP contribution in [-0.2, 0) is 17.5 Å². The Morgan fingerprint density at radius 2 is 2.04 bits per heavy atom. The minimum absolute atomic E-state index is 0.0869. The number of benzene rings is 1. The van der Waals surface area contributed by atoms with Gasteiger partial charge in [0.25, 0.3) is 0 Å². The number of fused-ring (bicyclic) bond motifs is 1. The average molecular weight is 361 g/mol. The van der Waals surface area contributed by atoms with E-state index in [0.29, 0.717) is 5.82 Å². The molecule has 1 aliphatic heterocycles. The minimum atomic E-state index is -4.45. The zero-order valence-electron chi connectivity index (χ0n) is 13.4. The molecule has 1 amide bonds. The highest BCUT2D eigenvalue weighted by atomic mass is 19.4. The van der Waals surface area contributed by atoms with E-state index in [2.05, 4.69) is 20.6 Å². The highest BCUT2D eigenvalue weighted by Crippen LogP contribution is 2.37. The van der Waals surface area contributed by atoms with Crippen LogP contribution in [0.3, 0.4) is 0 Å². The van der Waals surface area contributed by atoms with Crippen LogP contribution >= 0.6 is 0 Å². The number of halogens is 3. The van der Waals surface area contributed by atoms with Crippen molar-refractivity contribution in [2.75, 3.05) is 5.32 Å². The lowest BCUT2D eigenvalue weighted by Crippen LogP contribution is -2.25. The van der Waals surface area contributed by atoms with Crippen LogP contribution in [0.15, 0.2) is 42.7 Å². The van der Waals surface area contributed by atoms with E-state index in [0.717, 1.165) is 17.3 Å². The van der Waals surface area contributed by atoms with E-state index < -0.39 is 11.7 Å². The van der Waals surface area contributed by atoms with Crippen LogP contribution in [0.4, 0.5) is 19.0 Å². The molecule has 0 bridgehead atoms. The van der Waals surface area contributed by atoms with Gasteiger partial charge in [-0.05, 0) is 17.7 Å². The SMILES string of the molecule is O=C1CC(c2ccn[nH]2)c2cnn(Cc3ccccc3C(F)(F)F)c2N1. The van der Waals surface area contributed by atoms with Gasteiger partial charge >= 0.3 is 6.18 Å². The molecule has 9 heteroatoms. The molecule has 1 aromatic carbocycles. The van der Waals surface area contributed by atoms with Crippen molar-refractivity contribution in [3.63, 3.8) is 0 Å². The predicted molar refractivity (Wildman–Crippen MR) is 86.5 cm³/mol. The fraction of sp³-hybridized carbons (Fsp3) is 0.235. The van der Waals surface area contributed by atoms with Gasteiger partial charge in [0.05, 0.1) is 18.3 Å². The van der Waals surface area contributed by atoms with E-state index in [9.17, 15) is 18.0 Å². The summed E-state index contributed by atoms with van der Waals surface area (Å²) in [5.74, 6) is -0.0614. The third-order valence-electron chi connectivity index (χ3n) is 4.43. The number of nitrogens with zero attached hydrogens (tertiary/aromatic N) is 3. The number of hydrogen-bond acceptors (Lipinski definition) is 3. The number of nitrogens with one attached hydrogen (secondary N) is 2. The summed E-state index contributed by atoms with van der Waals surface area (Å²) in [6.07, 6.45) is -1.06. The van der Waals surface area contributed by atoms with Crippen molar-refractivity contribution in [1.29, 1.82) is 0 Å². The first kappa shape index (κ1) is 16.4. The summed E-state index contributed by atoms with van der Waals surface area (Å²) in [6.45, 7) is -0.0962. The summed E-state index contributed by atoms with van der Waals surface area (Å²) in [6, 6.07) is 7.11. The van der Waals surface area contributed by atoms with E-state index in [1.807, 2.05) is 0 Å². The van der Waals surface area contributed by atoms with Gasteiger partial charge in [-0.1, -0.05) is 18.2 Å². The van der Waals surface area contributed by atoms with Crippen molar-refractivity contribution in [2.24, 2.45) is 0 Å². The molecule has 3 aromatic rings. The first-order valence-corrected chi connectivity index (χ1v) is 7.93. The van der Waals surface area contributed by atoms with Crippen molar-refractivity contribution in [3.8, 4) is 0 Å². The van der Waals surface area contributed by atoms with E-state index >= 15 is 0 Å². The first-order valence-electron chi connectivity index (χ1n) is 7.93. The van der Waals surface area contributed by atoms with Crippen LogP contribution in [0.2, 0.25) is 0 Å². The Kier molecular flexibility index (Phi) is 3.78. The van der Waals surface area contributed by atoms with Crippen molar-refractivity contribution in [2.45, 2.75) is 25.1 Å². The topological polar surface area (TPSA) is 75.6 Å². The lowest BCUT2D eigenvalue weighted by atomic mass is 9.91. The van der Waals surface area contributed by atoms with Crippen molar-refractivity contribution in [1.82, 2.24) is 20.0 Å². The second kappa shape index (κ2) is 6.01. The Balaban J connectivity index is 1.72. The Labute approximate surface area is 146 Å². The van der Waals surface area contributed by atoms with Gasteiger partial charge in [-0.2, -0.15) is 23.4 Å². The summed E-state index contributed by atoms with van der Waals surface area (Å²) >= 11 is 0. The molecule has 3 heterocycles. The van der Waals surface area contributed by atoms with Crippen molar-refractivity contribution >= 4 is 11.7 Å². The second-order valence-corrected chi connectivity index (χ2v) is 6.08. The van der Waals surface area contributed by atoms with Gasteiger partial charge in [-0.3, -0.25) is 9.89 Å². The molecular weight excluding hydrogens is 347 g/mol. The third kappa shape index (κ3) is 2.85. The lowest BCUT2D eigenvalue weighted by Gasteiger charge is -2.22. The molecule has 1 unspecified atom stereocenters. The van der Waals surface area contributed by atoms with Gasteiger partial charge in [0.15, 0.2) is 0 Å². The molecule has 4 rings (SSSR count). The summed E-state index contributed by atoms with van der Waals surface area (Å²) in [5.41, 5.74) is 0.884. The number of carbonyl (C=O) groups excluding carboxylic acids is 1. The van der Waals surface area contributed by atoms with E-state index in [4.69, 9.17) is 0 Å². The van der Waals surface area contributed by atoms with Crippen LogP contribution in [0.25, 0.3) is 0 Å². The predicted octanol–water partition coefficient (Wildman–Crippen LogP) is 3.15. The van der Waals surface area contributed by atoms with Crippen molar-refractivity contribution < 1.29 is 18.0 Å². The second-order valence-electron chi connectivity index (χ2n) is 6.08. The highest BCUT2D eigenvalue weighted by Gasteiger charge is 2.34. The van der Waals surface area contributed by atoms with Crippen LogP contribution in [0.1, 0.15) is 34.7 Å². The molecule has 134 valence electrons. The van der Waals surface area contributed by atoms with Gasteiger partial charge in [0, 0.05) is 29.8 Å². The average Bonchev–Trinajstić information content (AvgIpc) is 3.24. The maximum Gasteiger partial charge on any atom is 0.416 e. The molecule has 0 saturated heterocycles. The molecule has 1 atom stereocenters. The lowest BCUT2D eigenvalue weighted by molar-refractivity contribution is -0.138. The molecule has 0 radical (unpaired) electrons. The quantitative estimate of drug-likeness (QED) is 0.753. The smallest absolute Gasteiger partial charge is 0.311 e. The number of H-pyrrole nitrogens is 1. The Morgan fingerprint density at radius 3 is 2.77 bits per heavy atom. The fourth-order valence-electron chi connectivity index (χ4n) is 3.22. The van der Waals surface area contributed by atoms with Crippen LogP contribution in [0, 0.1) is 0 Å². The molecule has 2 N–H and O–H groups in total. The zero-order chi connectivity index (χ0) is 18.3. The largest absolute Gasteiger partial charge is 0.416 e. The molecule has 0 spiro atoms. The van der Waals surface area contributed by atoms with Crippen LogP contribution < -0.4 is 5.32 Å². The van der Waals surface area contributed by atoms with E-state index in [-0.39, 0.29) is 30.4 Å². The number of anilines is 1. The number of rotatable bonds is 3. The maximum atomic E-state index is 13.2. The molecule has 26 heavy (non-hydrogen) atoms. The standard InChI is InChI=1S/C17H14F3N5O/c18-17(19,20)13-4-2-1-3-10(13)9-25-16-12(8-22-25)11(7-15(26)23-16)14-5-6-21-24-14/h1-6,8,11H,7,9H2,(H,21,24)(H,23,26). The van der Waals surface area contributed by atoms with Gasteiger partial charge in [-0.15, -0.1) is 0 Å². The van der Waals surface area contributed by atoms with E-state index in [1.54, 1.807) is 24.5 Å². The summed E-state index contributed by atoms with van der Waals surface area (Å²) in [7, 11) is 0. The Morgan fingerprint density at radius 1 is 1.23 bits per heavy atom. The highest BCUT2D eigenvalue weighted by molar-refractivity contribution is 5.94. The number of amides is 1. The number of alkyl halides is 3. The zero-order valence-corrected chi connectivity index (χ0v) is 13.4. The normalized spacial score (nSPS) is 17.0. The Bertz CT molecular complexity index is 946. The number of aromatic amines is 1. The van der Waals surface area contributed by atoms with Gasteiger partial charge in [-0.25, -0.2) is 4.68 Å². The fourth-order valence-corrected chi connectivity index (χ4v) is 3.22. The third-order valence-corrected chi connectivity index (χ3v) is 4.43. The summed E-state index contributed by atoms with van der Waals surface area (Å²) in [5, 5.41) is 13.7. The van der Waals surface area contributed by atoms with Gasteiger partial charge in [0.2, 0.25) is 5.91 Å². The number of carbonyl (C=O) groups is 1. The summed E-state index contributed by atoms with van der Waals surface area (Å²) < 4.78 is 41.0. The monoisotopic (exact) mass is 361 g/mol. The van der Waals surface area contributed by atoms with Gasteiger partial charge < -0.3 is 5.32 Å². The molecule has 6 nitrogen and oxygen atoms in total. The number of aromatic nitrogens is 4. The molecule has 1 aliphatic rings.